The Kier molecular flexibility index (Phi) is 9.51. The molecule has 0 rings (SSSR count). The maximum absolute atomic E-state index is 8.93. The van der Waals surface area contributed by atoms with Crippen molar-refractivity contribution in [3.05, 3.63) is 0 Å². The number of hydrogen-bond donors (Lipinski definition) is 1. The fourth-order valence-electron chi connectivity index (χ4n) is 0. The Morgan fingerprint density at radius 2 is 1.67 bits per heavy atom. The minimum Gasteiger partial charge on any atom is -0.818 e. The van der Waals surface area contributed by atoms with Crippen molar-refractivity contribution in [1.82, 2.24) is 0 Å². The van der Waals surface area contributed by atoms with Crippen molar-refractivity contribution in [3.8, 4) is 0 Å². The first kappa shape index (κ1) is 9.90. The Bertz CT molecular complexity index is 21.5. The summed E-state index contributed by atoms with van der Waals surface area (Å²) < 4.78 is 2.70. The van der Waals surface area contributed by atoms with E-state index in [0.717, 1.165) is 0 Å². The Morgan fingerprint density at radius 3 is 1.67 bits per heavy atom. The van der Waals surface area contributed by atoms with Crippen molar-refractivity contribution in [3.63, 3.8) is 0 Å². The molecule has 0 heterocycles. The molecule has 1 N–H and O–H groups in total. The van der Waals surface area contributed by atoms with E-state index in [1.165, 1.54) is 0 Å². The fraction of sp³-hybridized carbons (Fsp3) is 0. The standard InChI is InChI=1S/Ni.HO4P/c;1-4-5(2)3/h;1H/q+2;-2. The third kappa shape index (κ3) is 8.83. The van der Waals surface area contributed by atoms with E-state index in [0.29, 0.717) is 0 Å². The normalized spacial score (nSPS) is 8.00. The summed E-state index contributed by atoms with van der Waals surface area (Å²) in [5, 5.41) is 7.05. The molecular weight excluding hydrogens is 154 g/mol. The van der Waals surface area contributed by atoms with Crippen molar-refractivity contribution in [2.75, 3.05) is 0 Å². The summed E-state index contributed by atoms with van der Waals surface area (Å²) in [5.41, 5.74) is 0. The van der Waals surface area contributed by atoms with E-state index in [4.69, 9.17) is 15.0 Å². The van der Waals surface area contributed by atoms with E-state index < -0.39 is 8.60 Å². The van der Waals surface area contributed by atoms with Crippen LogP contribution in [0.4, 0.5) is 0 Å². The van der Waals surface area contributed by atoms with Crippen molar-refractivity contribution in [2.45, 2.75) is 0 Å². The molecule has 0 saturated heterocycles. The molecule has 0 aromatic heterocycles. The van der Waals surface area contributed by atoms with Gasteiger partial charge in [-0.2, -0.15) is 0 Å². The second-order valence-corrected chi connectivity index (χ2v) is 0.916. The van der Waals surface area contributed by atoms with Crippen LogP contribution in [-0.4, -0.2) is 5.26 Å². The summed E-state index contributed by atoms with van der Waals surface area (Å²) in [7, 11) is -3.04. The molecule has 4 nitrogen and oxygen atoms in total. The third-order valence-corrected chi connectivity index (χ3v) is 0.200. The van der Waals surface area contributed by atoms with Crippen LogP contribution >= 0.6 is 8.60 Å². The number of hydrogen-bond acceptors (Lipinski definition) is 4. The Balaban J connectivity index is 0. The molecular formula is HNiO4P. The van der Waals surface area contributed by atoms with Crippen molar-refractivity contribution in [1.29, 1.82) is 0 Å². The zero-order valence-corrected chi connectivity index (χ0v) is 4.32. The molecule has 40 valence electrons. The summed E-state index contributed by atoms with van der Waals surface area (Å²) in [4.78, 5) is 17.9. The molecule has 0 spiro atoms. The van der Waals surface area contributed by atoms with Gasteiger partial charge in [0.2, 0.25) is 0 Å². The monoisotopic (exact) mass is 154 g/mol. The minimum atomic E-state index is -3.04. The van der Waals surface area contributed by atoms with Gasteiger partial charge in [-0.25, -0.2) is 0 Å². The van der Waals surface area contributed by atoms with E-state index in [2.05, 4.69) is 4.67 Å². The molecule has 0 unspecified atom stereocenters. The molecule has 0 bridgehead atoms. The Hall–Kier alpha value is 0.764. The molecule has 0 radical (unpaired) electrons. The van der Waals surface area contributed by atoms with Gasteiger partial charge < -0.3 is 9.79 Å². The van der Waals surface area contributed by atoms with Gasteiger partial charge in [-0.3, -0.25) is 9.93 Å². The maximum Gasteiger partial charge on any atom is 2.00 e. The van der Waals surface area contributed by atoms with Crippen molar-refractivity contribution in [2.24, 2.45) is 0 Å². The quantitative estimate of drug-likeness (QED) is 0.214. The first-order chi connectivity index (χ1) is 2.27. The van der Waals surface area contributed by atoms with Gasteiger partial charge in [-0.05, 0) is 0 Å². The molecule has 0 atom stereocenters. The van der Waals surface area contributed by atoms with Gasteiger partial charge in [0.25, 0.3) is 0 Å². The van der Waals surface area contributed by atoms with Crippen molar-refractivity contribution >= 4 is 8.60 Å². The smallest absolute Gasteiger partial charge is 0.818 e. The van der Waals surface area contributed by atoms with Crippen LogP contribution < -0.4 is 9.79 Å². The summed E-state index contributed by atoms with van der Waals surface area (Å²) in [6.45, 7) is 0. The Labute approximate surface area is 45.6 Å². The van der Waals surface area contributed by atoms with Crippen LogP contribution in [0, 0.1) is 0 Å². The van der Waals surface area contributed by atoms with Crippen LogP contribution in [0.25, 0.3) is 0 Å². The molecule has 0 aliphatic rings. The average Bonchev–Trinajstić information content (AvgIpc) is 1.38. The predicted octanol–water partition coefficient (Wildman–Crippen LogP) is -1.58. The minimum absolute atomic E-state index is 0. The zero-order valence-electron chi connectivity index (χ0n) is 2.44. The first-order valence-electron chi connectivity index (χ1n) is 0.730. The van der Waals surface area contributed by atoms with Crippen LogP contribution in [0.3, 0.4) is 0 Å². The fourth-order valence-corrected chi connectivity index (χ4v) is 0. The second-order valence-electron chi connectivity index (χ2n) is 0.305. The molecule has 6 heteroatoms. The summed E-state index contributed by atoms with van der Waals surface area (Å²) >= 11 is 0. The van der Waals surface area contributed by atoms with E-state index in [-0.39, 0.29) is 16.5 Å². The molecule has 0 saturated carbocycles. The topological polar surface area (TPSA) is 75.6 Å². The molecule has 0 aliphatic heterocycles. The molecule has 0 amide bonds. The van der Waals surface area contributed by atoms with Crippen LogP contribution in [0.2, 0.25) is 0 Å². The van der Waals surface area contributed by atoms with Crippen LogP contribution in [0.15, 0.2) is 0 Å². The molecule has 0 fully saturated rings. The second kappa shape index (κ2) is 5.76. The van der Waals surface area contributed by atoms with Crippen LogP contribution in [0.5, 0.6) is 0 Å². The van der Waals surface area contributed by atoms with Crippen LogP contribution in [0.1, 0.15) is 0 Å². The summed E-state index contributed by atoms with van der Waals surface area (Å²) in [6, 6.07) is 0. The van der Waals surface area contributed by atoms with Gasteiger partial charge in [0, 0.05) is 0 Å². The first-order valence-corrected chi connectivity index (χ1v) is 1.83. The van der Waals surface area contributed by atoms with E-state index in [9.17, 15) is 0 Å². The van der Waals surface area contributed by atoms with Gasteiger partial charge >= 0.3 is 16.5 Å². The zero-order chi connectivity index (χ0) is 4.28. The van der Waals surface area contributed by atoms with Crippen molar-refractivity contribution < 1.29 is 36.2 Å². The summed E-state index contributed by atoms with van der Waals surface area (Å²) in [5.74, 6) is 0. The summed E-state index contributed by atoms with van der Waals surface area (Å²) in [6.07, 6.45) is 0. The number of rotatable bonds is 1. The van der Waals surface area contributed by atoms with E-state index >= 15 is 0 Å². The Morgan fingerprint density at radius 1 is 1.50 bits per heavy atom. The maximum atomic E-state index is 8.93. The van der Waals surface area contributed by atoms with Gasteiger partial charge in [-0.15, -0.1) is 8.60 Å². The average molecular weight is 155 g/mol. The molecule has 0 aromatic rings. The third-order valence-electron chi connectivity index (χ3n) is 0.0667. The van der Waals surface area contributed by atoms with Gasteiger partial charge in [-0.1, -0.05) is 0 Å². The van der Waals surface area contributed by atoms with Gasteiger partial charge in [0.1, 0.15) is 0 Å². The van der Waals surface area contributed by atoms with E-state index in [1.807, 2.05) is 0 Å². The molecule has 0 aromatic carbocycles. The SMILES string of the molecule is [Ni+2].[O-]P([O-])OO. The molecule has 6 heavy (non-hydrogen) atoms. The largest absolute Gasteiger partial charge is 2.00 e. The van der Waals surface area contributed by atoms with Crippen LogP contribution in [-0.2, 0) is 21.2 Å². The van der Waals surface area contributed by atoms with E-state index in [1.54, 1.807) is 0 Å². The predicted molar refractivity (Wildman–Crippen MR) is 10.6 cm³/mol. The van der Waals surface area contributed by atoms with Gasteiger partial charge in [0.15, 0.2) is 0 Å². The molecule has 0 aliphatic carbocycles. The van der Waals surface area contributed by atoms with Gasteiger partial charge in [0.05, 0.1) is 0 Å².